The van der Waals surface area contributed by atoms with E-state index >= 15 is 0 Å². The van der Waals surface area contributed by atoms with Crippen LogP contribution in [0.1, 0.15) is 116 Å². The molecule has 1 aliphatic heterocycles. The minimum atomic E-state index is -0.667. The maximum atomic E-state index is 12.3. The van der Waals surface area contributed by atoms with Crippen molar-refractivity contribution in [3.63, 3.8) is 0 Å². The lowest BCUT2D eigenvalue weighted by atomic mass is 10.0. The summed E-state index contributed by atoms with van der Waals surface area (Å²) in [5.41, 5.74) is 0.630. The summed E-state index contributed by atoms with van der Waals surface area (Å²) >= 11 is 0. The molecule has 1 aromatic rings. The molecule has 0 unspecified atom stereocenters. The van der Waals surface area contributed by atoms with Crippen LogP contribution in [0.4, 0.5) is 4.79 Å². The van der Waals surface area contributed by atoms with Crippen LogP contribution in [0, 0.1) is 0 Å². The lowest BCUT2D eigenvalue weighted by Crippen LogP contribution is -2.45. The fraction of sp³-hybridized carbons (Fsp3) is 0.767. The van der Waals surface area contributed by atoms with E-state index in [-0.39, 0.29) is 31.3 Å². The first-order valence-corrected chi connectivity index (χ1v) is 14.7. The van der Waals surface area contributed by atoms with Crippen LogP contribution in [0.2, 0.25) is 0 Å². The maximum absolute atomic E-state index is 12.3. The molecule has 2 amide bonds. The van der Waals surface area contributed by atoms with E-state index in [2.05, 4.69) is 11.9 Å². The van der Waals surface area contributed by atoms with Crippen LogP contribution in [0.5, 0.6) is 0 Å². The molecule has 0 spiro atoms. The minimum absolute atomic E-state index is 0.0628. The summed E-state index contributed by atoms with van der Waals surface area (Å²) in [6, 6.07) is 5.37. The molecule has 1 aromatic heterocycles. The van der Waals surface area contributed by atoms with E-state index in [9.17, 15) is 9.59 Å². The van der Waals surface area contributed by atoms with Crippen molar-refractivity contribution in [3.8, 4) is 0 Å². The van der Waals surface area contributed by atoms with Crippen LogP contribution in [0.15, 0.2) is 24.4 Å². The molecule has 37 heavy (non-hydrogen) atoms. The van der Waals surface area contributed by atoms with E-state index < -0.39 is 6.09 Å². The zero-order chi connectivity index (χ0) is 26.6. The van der Waals surface area contributed by atoms with E-state index in [4.69, 9.17) is 14.2 Å². The molecule has 0 saturated carbocycles. The first kappa shape index (κ1) is 31.2. The minimum Gasteiger partial charge on any atom is -0.446 e. The summed E-state index contributed by atoms with van der Waals surface area (Å²) in [5.74, 6) is -0.375. The average Bonchev–Trinajstić information content (AvgIpc) is 2.87. The monoisotopic (exact) mass is 518 g/mol. The summed E-state index contributed by atoms with van der Waals surface area (Å²) in [6.07, 6.45) is 20.6. The van der Waals surface area contributed by atoms with Gasteiger partial charge in [-0.2, -0.15) is 0 Å². The van der Waals surface area contributed by atoms with E-state index in [1.165, 1.54) is 90.4 Å². The van der Waals surface area contributed by atoms with Gasteiger partial charge in [0, 0.05) is 26.1 Å². The van der Waals surface area contributed by atoms with Gasteiger partial charge < -0.3 is 14.2 Å². The number of imide groups is 1. The summed E-state index contributed by atoms with van der Waals surface area (Å²) in [4.78, 5) is 29.4. The number of nitrogens with zero attached hydrogens (tertiary/aromatic N) is 2. The standard InChI is InChI=1S/C30H50N2O5/c1-3-4-5-6-7-8-9-10-11-12-13-14-15-18-21-35-24-28-22-29(37-28)25-36-30(34)32(26(2)33)23-27-19-16-17-20-31-27/h16-17,19-20,28-29H,3-15,18,21-25H2,1-2H3/t28-,29+/m0/s1. The summed E-state index contributed by atoms with van der Waals surface area (Å²) in [5, 5.41) is 0. The third kappa shape index (κ3) is 14.5. The van der Waals surface area contributed by atoms with Gasteiger partial charge in [-0.05, 0) is 18.6 Å². The highest BCUT2D eigenvalue weighted by molar-refractivity contribution is 5.90. The molecule has 0 N–H and O–H groups in total. The fourth-order valence-electron chi connectivity index (χ4n) is 4.58. The second-order valence-electron chi connectivity index (χ2n) is 10.3. The molecule has 2 rings (SSSR count). The summed E-state index contributed by atoms with van der Waals surface area (Å²) in [7, 11) is 0. The van der Waals surface area contributed by atoms with Crippen LogP contribution in [0.3, 0.4) is 0 Å². The van der Waals surface area contributed by atoms with E-state index in [1.807, 2.05) is 6.07 Å². The van der Waals surface area contributed by atoms with Crippen molar-refractivity contribution in [1.82, 2.24) is 9.88 Å². The zero-order valence-corrected chi connectivity index (χ0v) is 23.3. The van der Waals surface area contributed by atoms with Crippen LogP contribution >= 0.6 is 0 Å². The molecular formula is C30H50N2O5. The van der Waals surface area contributed by atoms with E-state index in [0.29, 0.717) is 12.3 Å². The number of ether oxygens (including phenoxy) is 3. The van der Waals surface area contributed by atoms with Gasteiger partial charge in [0.05, 0.1) is 31.1 Å². The van der Waals surface area contributed by atoms with Crippen LogP contribution in [-0.2, 0) is 25.5 Å². The first-order chi connectivity index (χ1) is 18.1. The van der Waals surface area contributed by atoms with E-state index in [0.717, 1.165) is 24.3 Å². The molecule has 210 valence electrons. The molecule has 0 radical (unpaired) electrons. The highest BCUT2D eigenvalue weighted by Gasteiger charge is 2.32. The summed E-state index contributed by atoms with van der Waals surface area (Å²) in [6.45, 7) is 5.21. The largest absolute Gasteiger partial charge is 0.446 e. The van der Waals surface area contributed by atoms with E-state index in [1.54, 1.807) is 18.3 Å². The lowest BCUT2D eigenvalue weighted by Gasteiger charge is -2.35. The number of rotatable bonds is 21. The average molecular weight is 519 g/mol. The number of aromatic nitrogens is 1. The van der Waals surface area contributed by atoms with Crippen molar-refractivity contribution in [2.24, 2.45) is 0 Å². The molecular weight excluding hydrogens is 468 g/mol. The molecule has 2 heterocycles. The Bertz CT molecular complexity index is 724. The third-order valence-electron chi connectivity index (χ3n) is 6.90. The predicted molar refractivity (Wildman–Crippen MR) is 146 cm³/mol. The molecule has 7 heteroatoms. The molecule has 0 bridgehead atoms. The Balaban J connectivity index is 1.36. The number of hydrogen-bond donors (Lipinski definition) is 0. The van der Waals surface area contributed by atoms with Crippen LogP contribution < -0.4 is 0 Å². The number of carbonyl (C=O) groups is 2. The normalized spacial score (nSPS) is 16.8. The van der Waals surface area contributed by atoms with Crippen LogP contribution in [-0.4, -0.2) is 53.9 Å². The second kappa shape index (κ2) is 20.0. The highest BCUT2D eigenvalue weighted by atomic mass is 16.6. The maximum Gasteiger partial charge on any atom is 0.416 e. The van der Waals surface area contributed by atoms with Gasteiger partial charge in [-0.3, -0.25) is 9.78 Å². The van der Waals surface area contributed by atoms with Gasteiger partial charge in [-0.1, -0.05) is 96.5 Å². The SMILES string of the molecule is CCCCCCCCCCCCCCCCOC[C@@H]1C[C@H](COC(=O)N(Cc2ccccn2)C(C)=O)O1. The van der Waals surface area contributed by atoms with Gasteiger partial charge in [-0.15, -0.1) is 0 Å². The second-order valence-corrected chi connectivity index (χ2v) is 10.3. The van der Waals surface area contributed by atoms with Gasteiger partial charge in [0.1, 0.15) is 6.61 Å². The number of pyridine rings is 1. The fourth-order valence-corrected chi connectivity index (χ4v) is 4.58. The lowest BCUT2D eigenvalue weighted by molar-refractivity contribution is -0.167. The zero-order valence-electron chi connectivity index (χ0n) is 23.3. The number of hydrogen-bond acceptors (Lipinski definition) is 6. The van der Waals surface area contributed by atoms with Gasteiger partial charge in [0.2, 0.25) is 5.91 Å². The molecule has 0 aromatic carbocycles. The van der Waals surface area contributed by atoms with Crippen molar-refractivity contribution in [1.29, 1.82) is 0 Å². The quantitative estimate of drug-likeness (QED) is 0.160. The van der Waals surface area contributed by atoms with Crippen molar-refractivity contribution < 1.29 is 23.8 Å². The Morgan fingerprint density at radius 1 is 0.892 bits per heavy atom. The molecule has 2 atom stereocenters. The molecule has 1 fully saturated rings. The smallest absolute Gasteiger partial charge is 0.416 e. The van der Waals surface area contributed by atoms with Crippen LogP contribution in [0.25, 0.3) is 0 Å². The Labute approximate surface area is 224 Å². The van der Waals surface area contributed by atoms with Gasteiger partial charge in [-0.25, -0.2) is 9.69 Å². The summed E-state index contributed by atoms with van der Waals surface area (Å²) < 4.78 is 16.8. The molecule has 0 aliphatic carbocycles. The Hall–Kier alpha value is -1.99. The van der Waals surface area contributed by atoms with Gasteiger partial charge in [0.15, 0.2) is 0 Å². The number of amides is 2. The van der Waals surface area contributed by atoms with Crippen molar-refractivity contribution in [2.45, 2.75) is 129 Å². The van der Waals surface area contributed by atoms with Crippen molar-refractivity contribution >= 4 is 12.0 Å². The number of carbonyl (C=O) groups excluding carboxylic acids is 2. The molecule has 7 nitrogen and oxygen atoms in total. The highest BCUT2D eigenvalue weighted by Crippen LogP contribution is 2.22. The Kier molecular flexibility index (Phi) is 16.9. The number of unbranched alkanes of at least 4 members (excludes halogenated alkanes) is 13. The molecule has 1 saturated heterocycles. The Morgan fingerprint density at radius 2 is 1.46 bits per heavy atom. The van der Waals surface area contributed by atoms with Gasteiger partial charge >= 0.3 is 6.09 Å². The third-order valence-corrected chi connectivity index (χ3v) is 6.90. The topological polar surface area (TPSA) is 78.0 Å². The molecule has 1 aliphatic rings. The van der Waals surface area contributed by atoms with Crippen molar-refractivity contribution in [2.75, 3.05) is 19.8 Å². The first-order valence-electron chi connectivity index (χ1n) is 14.7. The van der Waals surface area contributed by atoms with Gasteiger partial charge in [0.25, 0.3) is 0 Å². The predicted octanol–water partition coefficient (Wildman–Crippen LogP) is 7.22. The van der Waals surface area contributed by atoms with Crippen molar-refractivity contribution in [3.05, 3.63) is 30.1 Å². The Morgan fingerprint density at radius 3 is 2.00 bits per heavy atom.